The van der Waals surface area contributed by atoms with Crippen molar-refractivity contribution in [2.24, 2.45) is 11.7 Å². The van der Waals surface area contributed by atoms with Gasteiger partial charge in [0.1, 0.15) is 17.8 Å². The zero-order valence-corrected chi connectivity index (χ0v) is 22.4. The number of carboxylic acids is 1. The lowest BCUT2D eigenvalue weighted by atomic mass is 10.0. The van der Waals surface area contributed by atoms with Crippen LogP contribution in [-0.4, -0.2) is 71.7 Å². The van der Waals surface area contributed by atoms with E-state index in [-0.39, 0.29) is 50.1 Å². The summed E-state index contributed by atoms with van der Waals surface area (Å²) in [5.74, 6) is -2.31. The van der Waals surface area contributed by atoms with Gasteiger partial charge in [-0.3, -0.25) is 14.4 Å². The highest BCUT2D eigenvalue weighted by Gasteiger charge is 2.27. The Hall–Kier alpha value is -3.96. The summed E-state index contributed by atoms with van der Waals surface area (Å²) in [5, 5.41) is 29.7. The van der Waals surface area contributed by atoms with Gasteiger partial charge in [-0.05, 0) is 42.0 Å². The Morgan fingerprint density at radius 3 is 2.08 bits per heavy atom. The van der Waals surface area contributed by atoms with E-state index in [2.05, 4.69) is 21.3 Å². The number of aromatic hydroxyl groups is 1. The number of phenols is 1. The van der Waals surface area contributed by atoms with Crippen molar-refractivity contribution in [1.82, 2.24) is 21.3 Å². The van der Waals surface area contributed by atoms with Crippen LogP contribution in [0.1, 0.15) is 31.4 Å². The first-order chi connectivity index (χ1) is 18.5. The Balaban J connectivity index is 1.82. The van der Waals surface area contributed by atoms with E-state index in [1.165, 1.54) is 12.1 Å². The molecule has 11 nitrogen and oxygen atoms in total. The fourth-order valence-electron chi connectivity index (χ4n) is 3.86. The first kappa shape index (κ1) is 31.3. The number of aliphatic carboxylic acids is 1. The Morgan fingerprint density at radius 2 is 1.46 bits per heavy atom. The van der Waals surface area contributed by atoms with Crippen molar-refractivity contribution in [2.45, 2.75) is 51.2 Å². The highest BCUT2D eigenvalue weighted by atomic mass is 16.4. The average molecular weight is 542 g/mol. The molecule has 8 N–H and O–H groups in total. The molecule has 0 unspecified atom stereocenters. The number of carbonyl (C=O) groups is 4. The van der Waals surface area contributed by atoms with Crippen molar-refractivity contribution in [3.63, 3.8) is 0 Å². The van der Waals surface area contributed by atoms with Crippen molar-refractivity contribution in [1.29, 1.82) is 0 Å². The van der Waals surface area contributed by atoms with Gasteiger partial charge in [-0.25, -0.2) is 4.79 Å². The third kappa shape index (κ3) is 12.0. The zero-order chi connectivity index (χ0) is 28.8. The van der Waals surface area contributed by atoms with Crippen LogP contribution in [0.3, 0.4) is 0 Å². The van der Waals surface area contributed by atoms with Crippen molar-refractivity contribution in [3.05, 3.63) is 65.7 Å². The van der Waals surface area contributed by atoms with Crippen LogP contribution in [0.25, 0.3) is 0 Å². The lowest BCUT2D eigenvalue weighted by molar-refractivity contribution is -0.142. The van der Waals surface area contributed by atoms with Crippen LogP contribution in [0.5, 0.6) is 5.75 Å². The number of benzene rings is 2. The highest BCUT2D eigenvalue weighted by Crippen LogP contribution is 2.11. The lowest BCUT2D eigenvalue weighted by Crippen LogP contribution is -2.54. The molecule has 0 aliphatic carbocycles. The van der Waals surface area contributed by atoms with Crippen molar-refractivity contribution >= 4 is 23.7 Å². The minimum atomic E-state index is -1.13. The molecule has 0 aliphatic heterocycles. The molecule has 0 aliphatic rings. The van der Waals surface area contributed by atoms with Gasteiger partial charge in [0.2, 0.25) is 17.7 Å². The van der Waals surface area contributed by atoms with Gasteiger partial charge in [0.25, 0.3) is 0 Å². The Kier molecular flexibility index (Phi) is 12.9. The summed E-state index contributed by atoms with van der Waals surface area (Å²) in [7, 11) is 0. The second-order valence-corrected chi connectivity index (χ2v) is 9.78. The van der Waals surface area contributed by atoms with Gasteiger partial charge in [-0.2, -0.15) is 0 Å². The molecule has 0 radical (unpaired) electrons. The number of nitrogens with one attached hydrogen (secondary N) is 4. The first-order valence-corrected chi connectivity index (χ1v) is 12.9. The minimum Gasteiger partial charge on any atom is -0.508 e. The molecule has 0 bridgehead atoms. The number of carbonyl (C=O) groups excluding carboxylic acids is 3. The maximum atomic E-state index is 13.0. The molecule has 3 amide bonds. The maximum Gasteiger partial charge on any atom is 0.326 e. The molecule has 0 fully saturated rings. The Labute approximate surface area is 228 Å². The summed E-state index contributed by atoms with van der Waals surface area (Å²) in [4.78, 5) is 49.4. The summed E-state index contributed by atoms with van der Waals surface area (Å²) in [6, 6.07) is 12.8. The molecule has 2 rings (SSSR count). The second-order valence-electron chi connectivity index (χ2n) is 9.78. The molecule has 11 heteroatoms. The largest absolute Gasteiger partial charge is 0.508 e. The summed E-state index contributed by atoms with van der Waals surface area (Å²) >= 11 is 0. The topological polar surface area (TPSA) is 183 Å². The van der Waals surface area contributed by atoms with E-state index in [4.69, 9.17) is 5.73 Å². The fourth-order valence-corrected chi connectivity index (χ4v) is 3.86. The Morgan fingerprint density at radius 1 is 0.821 bits per heavy atom. The van der Waals surface area contributed by atoms with Gasteiger partial charge in [-0.15, -0.1) is 0 Å². The number of hydrogen-bond donors (Lipinski definition) is 7. The van der Waals surface area contributed by atoms with E-state index in [9.17, 15) is 29.4 Å². The lowest BCUT2D eigenvalue weighted by Gasteiger charge is -2.22. The SMILES string of the molecule is CC(C)C[C@H](NC(=O)[C@H](Cc1ccccc1)NC(=O)CNCCNC(=O)[C@@H](N)Cc1ccc(O)cc1)C(=O)O. The molecule has 0 aromatic heterocycles. The van der Waals surface area contributed by atoms with Crippen LogP contribution >= 0.6 is 0 Å². The van der Waals surface area contributed by atoms with E-state index >= 15 is 0 Å². The van der Waals surface area contributed by atoms with Gasteiger partial charge >= 0.3 is 5.97 Å². The quantitative estimate of drug-likeness (QED) is 0.148. The molecular formula is C28H39N5O6. The molecule has 0 spiro atoms. The zero-order valence-electron chi connectivity index (χ0n) is 22.4. The van der Waals surface area contributed by atoms with Crippen molar-refractivity contribution in [3.8, 4) is 5.75 Å². The molecule has 212 valence electrons. The van der Waals surface area contributed by atoms with Gasteiger partial charge in [0.15, 0.2) is 0 Å². The standard InChI is InChI=1S/C28H39N5O6/c1-18(2)14-24(28(38)39)33-27(37)23(16-19-6-4-3-5-7-19)32-25(35)17-30-12-13-31-26(36)22(29)15-20-8-10-21(34)11-9-20/h3-11,18,22-24,30,34H,12-17,29H2,1-2H3,(H,31,36)(H,32,35)(H,33,37)(H,38,39)/t22-,23-,24-/m0/s1. The van der Waals surface area contributed by atoms with E-state index in [1.54, 1.807) is 12.1 Å². The van der Waals surface area contributed by atoms with Crippen LogP contribution in [0.2, 0.25) is 0 Å². The highest BCUT2D eigenvalue weighted by molar-refractivity contribution is 5.91. The molecule has 0 saturated carbocycles. The summed E-state index contributed by atoms with van der Waals surface area (Å²) in [6.07, 6.45) is 0.771. The minimum absolute atomic E-state index is 0.0561. The van der Waals surface area contributed by atoms with Gasteiger partial charge in [0.05, 0.1) is 12.6 Å². The van der Waals surface area contributed by atoms with Crippen LogP contribution < -0.4 is 27.0 Å². The van der Waals surface area contributed by atoms with E-state index in [0.717, 1.165) is 11.1 Å². The molecule has 0 saturated heterocycles. The first-order valence-electron chi connectivity index (χ1n) is 12.9. The van der Waals surface area contributed by atoms with E-state index in [1.807, 2.05) is 44.2 Å². The third-order valence-electron chi connectivity index (χ3n) is 5.87. The van der Waals surface area contributed by atoms with Gasteiger partial charge in [-0.1, -0.05) is 56.3 Å². The second kappa shape index (κ2) is 16.1. The van der Waals surface area contributed by atoms with Crippen LogP contribution in [0.15, 0.2) is 54.6 Å². The molecule has 39 heavy (non-hydrogen) atoms. The number of phenolic OH excluding ortho intramolecular Hbond substituents is 1. The predicted molar refractivity (Wildman–Crippen MR) is 147 cm³/mol. The van der Waals surface area contributed by atoms with E-state index < -0.39 is 35.9 Å². The van der Waals surface area contributed by atoms with Gasteiger partial charge < -0.3 is 37.2 Å². The molecule has 2 aromatic rings. The maximum absolute atomic E-state index is 13.0. The third-order valence-corrected chi connectivity index (χ3v) is 5.87. The molecule has 0 heterocycles. The average Bonchev–Trinajstić information content (AvgIpc) is 2.89. The molecule has 3 atom stereocenters. The molecule has 2 aromatic carbocycles. The number of nitrogens with two attached hydrogens (primary N) is 1. The normalized spacial score (nSPS) is 13.2. The fraction of sp³-hybridized carbons (Fsp3) is 0.429. The number of amides is 3. The van der Waals surface area contributed by atoms with Crippen LogP contribution in [0, 0.1) is 5.92 Å². The van der Waals surface area contributed by atoms with Crippen LogP contribution in [0.4, 0.5) is 0 Å². The molecular weight excluding hydrogens is 502 g/mol. The van der Waals surface area contributed by atoms with Crippen molar-refractivity contribution < 1.29 is 29.4 Å². The predicted octanol–water partition coefficient (Wildman–Crippen LogP) is 0.311. The monoisotopic (exact) mass is 541 g/mol. The number of carboxylic acid groups (broad SMARTS) is 1. The summed E-state index contributed by atoms with van der Waals surface area (Å²) in [6.45, 7) is 4.14. The number of hydrogen-bond acceptors (Lipinski definition) is 7. The van der Waals surface area contributed by atoms with Gasteiger partial charge in [0, 0.05) is 19.5 Å². The summed E-state index contributed by atoms with van der Waals surface area (Å²) in [5.41, 5.74) is 7.57. The smallest absolute Gasteiger partial charge is 0.326 e. The number of rotatable bonds is 16. The van der Waals surface area contributed by atoms with Crippen LogP contribution in [-0.2, 0) is 32.0 Å². The Bertz CT molecular complexity index is 1080. The van der Waals surface area contributed by atoms with Crippen molar-refractivity contribution in [2.75, 3.05) is 19.6 Å². The van der Waals surface area contributed by atoms with E-state index in [0.29, 0.717) is 6.42 Å². The summed E-state index contributed by atoms with van der Waals surface area (Å²) < 4.78 is 0.